The van der Waals surface area contributed by atoms with E-state index >= 15 is 0 Å². The summed E-state index contributed by atoms with van der Waals surface area (Å²) >= 11 is 0. The Bertz CT molecular complexity index is 295. The second-order valence-corrected chi connectivity index (χ2v) is 5.64. The zero-order valence-corrected chi connectivity index (χ0v) is 11.6. The van der Waals surface area contributed by atoms with Crippen LogP contribution in [-0.2, 0) is 9.59 Å². The van der Waals surface area contributed by atoms with Gasteiger partial charge in [0.05, 0.1) is 0 Å². The van der Waals surface area contributed by atoms with E-state index in [2.05, 4.69) is 10.2 Å². The number of carbonyl (C=O) groups is 2. The minimum atomic E-state index is 0.185. The molecule has 2 rings (SSSR count). The summed E-state index contributed by atoms with van der Waals surface area (Å²) in [5.74, 6) is 0.185. The van der Waals surface area contributed by atoms with Crippen LogP contribution in [0.4, 0.5) is 0 Å². The molecule has 1 heterocycles. The largest absolute Gasteiger partial charge is 0.353 e. The molecule has 1 saturated carbocycles. The second-order valence-electron chi connectivity index (χ2n) is 5.64. The molecule has 0 atom stereocenters. The van der Waals surface area contributed by atoms with Crippen molar-refractivity contribution in [2.45, 2.75) is 44.6 Å². The summed E-state index contributed by atoms with van der Waals surface area (Å²) < 4.78 is 0. The molecule has 0 radical (unpaired) electrons. The van der Waals surface area contributed by atoms with Crippen molar-refractivity contribution in [1.82, 2.24) is 15.1 Å². The highest BCUT2D eigenvalue weighted by molar-refractivity contribution is 5.76. The summed E-state index contributed by atoms with van der Waals surface area (Å²) in [7, 11) is 0. The van der Waals surface area contributed by atoms with Crippen molar-refractivity contribution < 1.29 is 9.59 Å². The van der Waals surface area contributed by atoms with Crippen molar-refractivity contribution in [3.05, 3.63) is 0 Å². The summed E-state index contributed by atoms with van der Waals surface area (Å²) in [6.45, 7) is 4.15. The molecule has 0 bridgehead atoms. The molecule has 1 saturated heterocycles. The van der Waals surface area contributed by atoms with E-state index in [1.807, 2.05) is 0 Å². The zero-order valence-electron chi connectivity index (χ0n) is 11.6. The van der Waals surface area contributed by atoms with Crippen LogP contribution in [0.25, 0.3) is 0 Å². The topological polar surface area (TPSA) is 52.7 Å². The predicted molar refractivity (Wildman–Crippen MR) is 73.7 cm³/mol. The molecule has 108 valence electrons. The average molecular weight is 267 g/mol. The molecule has 0 aromatic heterocycles. The van der Waals surface area contributed by atoms with Gasteiger partial charge in [-0.05, 0) is 12.8 Å². The predicted octanol–water partition coefficient (Wildman–Crippen LogP) is 0.599. The van der Waals surface area contributed by atoms with Crippen molar-refractivity contribution in [1.29, 1.82) is 0 Å². The summed E-state index contributed by atoms with van der Waals surface area (Å²) in [6, 6.07) is 0.410. The number of amides is 2. The van der Waals surface area contributed by atoms with Crippen LogP contribution in [0.5, 0.6) is 0 Å². The Hall–Kier alpha value is -1.10. The average Bonchev–Trinajstić information content (AvgIpc) is 2.47. The maximum absolute atomic E-state index is 11.9. The Morgan fingerprint density at radius 3 is 2.42 bits per heavy atom. The highest BCUT2D eigenvalue weighted by Gasteiger charge is 2.18. The van der Waals surface area contributed by atoms with Crippen molar-refractivity contribution in [2.24, 2.45) is 0 Å². The fourth-order valence-electron chi connectivity index (χ4n) is 2.90. The summed E-state index contributed by atoms with van der Waals surface area (Å²) in [5.41, 5.74) is 0. The third-order valence-corrected chi connectivity index (χ3v) is 4.18. The summed E-state index contributed by atoms with van der Waals surface area (Å²) in [5, 5.41) is 3.15. The van der Waals surface area contributed by atoms with Crippen molar-refractivity contribution >= 4 is 12.3 Å². The molecular formula is C14H25N3O2. The van der Waals surface area contributed by atoms with Crippen LogP contribution in [0.15, 0.2) is 0 Å². The summed E-state index contributed by atoms with van der Waals surface area (Å²) in [4.78, 5) is 26.5. The third kappa shape index (κ3) is 4.82. The van der Waals surface area contributed by atoms with Gasteiger partial charge in [-0.25, -0.2) is 0 Å². The number of piperazine rings is 1. The molecule has 5 nitrogen and oxygen atoms in total. The molecule has 0 spiro atoms. The molecule has 2 aliphatic rings. The van der Waals surface area contributed by atoms with Gasteiger partial charge in [0.1, 0.15) is 0 Å². The third-order valence-electron chi connectivity index (χ3n) is 4.18. The Morgan fingerprint density at radius 2 is 1.79 bits per heavy atom. The molecule has 2 fully saturated rings. The van der Waals surface area contributed by atoms with Gasteiger partial charge in [0.25, 0.3) is 0 Å². The fourth-order valence-corrected chi connectivity index (χ4v) is 2.90. The van der Waals surface area contributed by atoms with E-state index in [4.69, 9.17) is 0 Å². The maximum Gasteiger partial charge on any atom is 0.221 e. The maximum atomic E-state index is 11.9. The molecule has 0 aromatic rings. The highest BCUT2D eigenvalue weighted by atomic mass is 16.1. The normalized spacial score (nSPS) is 22.2. The van der Waals surface area contributed by atoms with Crippen LogP contribution in [-0.4, -0.2) is 60.9 Å². The molecular weight excluding hydrogens is 242 g/mol. The van der Waals surface area contributed by atoms with Gasteiger partial charge < -0.3 is 10.2 Å². The SMILES string of the molecule is O=CN1CCN(CCC(=O)NC2CCCCC2)CC1. The minimum absolute atomic E-state index is 0.185. The smallest absolute Gasteiger partial charge is 0.221 e. The van der Waals surface area contributed by atoms with Crippen LogP contribution in [0.3, 0.4) is 0 Å². The Kier molecular flexibility index (Phi) is 5.63. The molecule has 19 heavy (non-hydrogen) atoms. The van der Waals surface area contributed by atoms with E-state index in [0.717, 1.165) is 52.0 Å². The van der Waals surface area contributed by atoms with Crippen molar-refractivity contribution in [3.8, 4) is 0 Å². The lowest BCUT2D eigenvalue weighted by molar-refractivity contribution is -0.123. The van der Waals surface area contributed by atoms with Gasteiger partial charge >= 0.3 is 0 Å². The first-order valence-corrected chi connectivity index (χ1v) is 7.49. The van der Waals surface area contributed by atoms with Crippen LogP contribution < -0.4 is 5.32 Å². The van der Waals surface area contributed by atoms with Crippen LogP contribution in [0, 0.1) is 0 Å². The molecule has 1 aliphatic carbocycles. The van der Waals surface area contributed by atoms with Gasteiger partial charge in [-0.1, -0.05) is 19.3 Å². The van der Waals surface area contributed by atoms with Crippen LogP contribution >= 0.6 is 0 Å². The molecule has 1 aliphatic heterocycles. The van der Waals surface area contributed by atoms with Crippen LogP contribution in [0.2, 0.25) is 0 Å². The number of rotatable bonds is 5. The molecule has 0 unspecified atom stereocenters. The van der Waals surface area contributed by atoms with Gasteiger partial charge in [-0.15, -0.1) is 0 Å². The van der Waals surface area contributed by atoms with Crippen molar-refractivity contribution in [3.63, 3.8) is 0 Å². The van der Waals surface area contributed by atoms with Gasteiger partial charge in [-0.3, -0.25) is 14.5 Å². The van der Waals surface area contributed by atoms with E-state index < -0.39 is 0 Å². The van der Waals surface area contributed by atoms with E-state index in [9.17, 15) is 9.59 Å². The lowest BCUT2D eigenvalue weighted by Crippen LogP contribution is -2.47. The number of nitrogens with zero attached hydrogens (tertiary/aromatic N) is 2. The molecule has 1 N–H and O–H groups in total. The van der Waals surface area contributed by atoms with E-state index in [0.29, 0.717) is 12.5 Å². The molecule has 5 heteroatoms. The Morgan fingerprint density at radius 1 is 1.11 bits per heavy atom. The fraction of sp³-hybridized carbons (Fsp3) is 0.857. The van der Waals surface area contributed by atoms with Crippen LogP contribution in [0.1, 0.15) is 38.5 Å². The van der Waals surface area contributed by atoms with Gasteiger partial charge in [0.2, 0.25) is 12.3 Å². The summed E-state index contributed by atoms with van der Waals surface area (Å²) in [6.07, 6.45) is 7.59. The number of hydrogen-bond acceptors (Lipinski definition) is 3. The number of nitrogens with one attached hydrogen (secondary N) is 1. The quantitative estimate of drug-likeness (QED) is 0.742. The standard InChI is InChI=1S/C14H25N3O2/c18-12-17-10-8-16(9-11-17)7-6-14(19)15-13-4-2-1-3-5-13/h12-13H,1-11H2,(H,15,19). The lowest BCUT2D eigenvalue weighted by atomic mass is 9.95. The molecule has 2 amide bonds. The first-order chi connectivity index (χ1) is 9.28. The Labute approximate surface area is 115 Å². The van der Waals surface area contributed by atoms with Gasteiger partial charge in [-0.2, -0.15) is 0 Å². The second kappa shape index (κ2) is 7.48. The molecule has 0 aromatic carbocycles. The zero-order chi connectivity index (χ0) is 13.5. The number of hydrogen-bond donors (Lipinski definition) is 1. The van der Waals surface area contributed by atoms with E-state index in [1.165, 1.54) is 19.3 Å². The van der Waals surface area contributed by atoms with E-state index in [-0.39, 0.29) is 5.91 Å². The Balaban J connectivity index is 1.59. The first kappa shape index (κ1) is 14.3. The number of carbonyl (C=O) groups excluding carboxylic acids is 2. The highest BCUT2D eigenvalue weighted by Crippen LogP contribution is 2.17. The lowest BCUT2D eigenvalue weighted by Gasteiger charge is -2.32. The van der Waals surface area contributed by atoms with Crippen molar-refractivity contribution in [2.75, 3.05) is 32.7 Å². The first-order valence-electron chi connectivity index (χ1n) is 7.49. The van der Waals surface area contributed by atoms with Gasteiger partial charge in [0.15, 0.2) is 0 Å². The monoisotopic (exact) mass is 267 g/mol. The van der Waals surface area contributed by atoms with E-state index in [1.54, 1.807) is 4.90 Å². The minimum Gasteiger partial charge on any atom is -0.353 e. The van der Waals surface area contributed by atoms with Gasteiger partial charge in [0, 0.05) is 45.2 Å².